The van der Waals surface area contributed by atoms with Crippen LogP contribution >= 0.6 is 45.9 Å². The number of benzene rings is 2. The number of nitrogens with zero attached hydrogens (tertiary/aromatic N) is 4. The molecule has 0 fully saturated rings. The van der Waals surface area contributed by atoms with Crippen LogP contribution in [0.3, 0.4) is 0 Å². The van der Waals surface area contributed by atoms with E-state index >= 15 is 0 Å². The van der Waals surface area contributed by atoms with Crippen LogP contribution in [-0.4, -0.2) is 13.9 Å². The average molecular weight is 542 g/mol. The third-order valence-electron chi connectivity index (χ3n) is 5.92. The molecule has 5 rings (SSSR count). The summed E-state index contributed by atoms with van der Waals surface area (Å²) in [5.74, 6) is 0. The molecule has 0 aliphatic carbocycles. The molecule has 0 unspecified atom stereocenters. The SMILES string of the molecule is Cc1c(N=c2scc(-c3cccs3)n2CCc2ccc(Cl)cc2Cl)c(=O)n(-c2ccccc2)n1C. The molecule has 178 valence electrons. The van der Waals surface area contributed by atoms with Gasteiger partial charge in [0.05, 0.1) is 22.0 Å². The molecule has 0 saturated heterocycles. The summed E-state index contributed by atoms with van der Waals surface area (Å²) in [4.78, 5) is 20.3. The number of aromatic nitrogens is 3. The van der Waals surface area contributed by atoms with Crippen LogP contribution < -0.4 is 10.4 Å². The van der Waals surface area contributed by atoms with Crippen molar-refractivity contribution in [3.8, 4) is 16.3 Å². The molecule has 5 aromatic rings. The maximum Gasteiger partial charge on any atom is 0.297 e. The van der Waals surface area contributed by atoms with Gasteiger partial charge < -0.3 is 4.57 Å². The highest BCUT2D eigenvalue weighted by Gasteiger charge is 2.17. The highest BCUT2D eigenvalue weighted by Crippen LogP contribution is 2.27. The van der Waals surface area contributed by atoms with Gasteiger partial charge >= 0.3 is 0 Å². The number of para-hydroxylation sites is 1. The van der Waals surface area contributed by atoms with Crippen molar-refractivity contribution in [3.05, 3.63) is 108 Å². The Balaban J connectivity index is 1.62. The lowest BCUT2D eigenvalue weighted by atomic mass is 10.1. The van der Waals surface area contributed by atoms with Crippen molar-refractivity contribution in [1.29, 1.82) is 0 Å². The number of thiazole rings is 1. The van der Waals surface area contributed by atoms with Gasteiger partial charge in [0.25, 0.3) is 5.56 Å². The predicted octanol–water partition coefficient (Wildman–Crippen LogP) is 6.86. The fraction of sp³-hybridized carbons (Fsp3) is 0.154. The van der Waals surface area contributed by atoms with E-state index in [9.17, 15) is 4.79 Å². The second-order valence-corrected chi connectivity index (χ2v) is 10.7. The van der Waals surface area contributed by atoms with Gasteiger partial charge in [0, 0.05) is 29.0 Å². The van der Waals surface area contributed by atoms with Crippen molar-refractivity contribution < 1.29 is 0 Å². The van der Waals surface area contributed by atoms with Crippen LogP contribution in [0.2, 0.25) is 10.0 Å². The molecule has 0 amide bonds. The molecule has 0 spiro atoms. The number of hydrogen-bond acceptors (Lipinski definition) is 4. The Hall–Kier alpha value is -2.84. The molecule has 3 heterocycles. The van der Waals surface area contributed by atoms with Crippen LogP contribution in [-0.2, 0) is 20.0 Å². The van der Waals surface area contributed by atoms with Gasteiger partial charge in [-0.05, 0) is 54.6 Å². The van der Waals surface area contributed by atoms with Gasteiger partial charge in [-0.2, -0.15) is 0 Å². The standard InChI is InChI=1S/C26H22Cl2N4OS2/c1-17-24(25(33)32(30(17)2)20-7-4-3-5-8-20)29-26-31(22(16-35-26)23-9-6-14-34-23)13-12-18-10-11-19(27)15-21(18)28/h3-11,14-16H,12-13H2,1-2H3. The van der Waals surface area contributed by atoms with Crippen molar-refractivity contribution >= 4 is 51.6 Å². The first-order valence-electron chi connectivity index (χ1n) is 11.0. The van der Waals surface area contributed by atoms with Gasteiger partial charge in [-0.25, -0.2) is 9.67 Å². The van der Waals surface area contributed by atoms with E-state index in [1.54, 1.807) is 22.1 Å². The van der Waals surface area contributed by atoms with E-state index in [1.807, 2.05) is 67.2 Å². The minimum atomic E-state index is -0.144. The molecule has 0 N–H and O–H groups in total. The van der Waals surface area contributed by atoms with Crippen LogP contribution in [0.25, 0.3) is 16.3 Å². The second-order valence-electron chi connectivity index (χ2n) is 8.04. The Morgan fingerprint density at radius 1 is 1.00 bits per heavy atom. The predicted molar refractivity (Wildman–Crippen MR) is 147 cm³/mol. The summed E-state index contributed by atoms with van der Waals surface area (Å²) in [5, 5.41) is 5.42. The van der Waals surface area contributed by atoms with Gasteiger partial charge in [-0.15, -0.1) is 22.7 Å². The quantitative estimate of drug-likeness (QED) is 0.232. The molecular weight excluding hydrogens is 519 g/mol. The first-order chi connectivity index (χ1) is 16.9. The maximum atomic E-state index is 13.4. The van der Waals surface area contributed by atoms with E-state index in [0.717, 1.165) is 32.3 Å². The summed E-state index contributed by atoms with van der Waals surface area (Å²) >= 11 is 15.7. The maximum absolute atomic E-state index is 13.4. The van der Waals surface area contributed by atoms with Crippen LogP contribution in [0.15, 0.2) is 81.2 Å². The molecule has 0 atom stereocenters. The van der Waals surface area contributed by atoms with Gasteiger partial charge in [-0.1, -0.05) is 53.5 Å². The van der Waals surface area contributed by atoms with Crippen LogP contribution in [0.5, 0.6) is 0 Å². The normalized spacial score (nSPS) is 11.9. The fourth-order valence-electron chi connectivity index (χ4n) is 3.99. The largest absolute Gasteiger partial charge is 0.315 e. The third-order valence-corrected chi connectivity index (χ3v) is 8.27. The number of thiophene rings is 1. The molecule has 9 heteroatoms. The molecule has 3 aromatic heterocycles. The van der Waals surface area contributed by atoms with Crippen LogP contribution in [0, 0.1) is 6.92 Å². The van der Waals surface area contributed by atoms with Crippen molar-refractivity contribution in [3.63, 3.8) is 0 Å². The van der Waals surface area contributed by atoms with Gasteiger partial charge in [0.15, 0.2) is 10.5 Å². The summed E-state index contributed by atoms with van der Waals surface area (Å²) in [6.45, 7) is 2.58. The van der Waals surface area contributed by atoms with Crippen molar-refractivity contribution in [2.45, 2.75) is 19.9 Å². The first kappa shape index (κ1) is 23.9. The third kappa shape index (κ3) is 4.69. The van der Waals surface area contributed by atoms with E-state index in [2.05, 4.69) is 21.4 Å². The average Bonchev–Trinajstić information content (AvgIpc) is 3.56. The van der Waals surface area contributed by atoms with Gasteiger partial charge in [0.2, 0.25) is 0 Å². The Morgan fingerprint density at radius 3 is 2.51 bits per heavy atom. The highest BCUT2D eigenvalue weighted by atomic mass is 35.5. The summed E-state index contributed by atoms with van der Waals surface area (Å²) < 4.78 is 5.67. The smallest absolute Gasteiger partial charge is 0.297 e. The number of hydrogen-bond donors (Lipinski definition) is 0. The van der Waals surface area contributed by atoms with E-state index < -0.39 is 0 Å². The van der Waals surface area contributed by atoms with Crippen LogP contribution in [0.4, 0.5) is 5.69 Å². The molecular formula is C26H22Cl2N4OS2. The molecule has 0 saturated carbocycles. The Labute approximate surface area is 220 Å². The molecule has 0 aliphatic rings. The Kier molecular flexibility index (Phi) is 6.84. The Morgan fingerprint density at radius 2 is 1.80 bits per heavy atom. The summed E-state index contributed by atoms with van der Waals surface area (Å²) in [5.41, 5.74) is 3.99. The lowest BCUT2D eigenvalue weighted by Crippen LogP contribution is -2.20. The molecule has 0 radical (unpaired) electrons. The minimum absolute atomic E-state index is 0.144. The number of rotatable bonds is 6. The molecule has 0 aliphatic heterocycles. The number of aryl methyl sites for hydroxylation is 1. The van der Waals surface area contributed by atoms with E-state index in [4.69, 9.17) is 28.2 Å². The second kappa shape index (κ2) is 10.0. The zero-order chi connectivity index (χ0) is 24.5. The highest BCUT2D eigenvalue weighted by molar-refractivity contribution is 7.14. The van der Waals surface area contributed by atoms with Crippen LogP contribution in [0.1, 0.15) is 11.3 Å². The monoisotopic (exact) mass is 540 g/mol. The molecule has 2 aromatic carbocycles. The van der Waals surface area contributed by atoms with Crippen molar-refractivity contribution in [1.82, 2.24) is 13.9 Å². The first-order valence-corrected chi connectivity index (χ1v) is 13.5. The summed E-state index contributed by atoms with van der Waals surface area (Å²) in [7, 11) is 1.88. The Bertz CT molecular complexity index is 1610. The zero-order valence-electron chi connectivity index (χ0n) is 19.1. The van der Waals surface area contributed by atoms with E-state index in [0.29, 0.717) is 28.7 Å². The van der Waals surface area contributed by atoms with E-state index in [-0.39, 0.29) is 5.56 Å². The molecule has 5 nitrogen and oxygen atoms in total. The summed E-state index contributed by atoms with van der Waals surface area (Å²) in [6, 6.07) is 19.3. The van der Waals surface area contributed by atoms with Crippen molar-refractivity contribution in [2.75, 3.05) is 0 Å². The lowest BCUT2D eigenvalue weighted by molar-refractivity contribution is 0.630. The number of halogens is 2. The molecule has 35 heavy (non-hydrogen) atoms. The topological polar surface area (TPSA) is 44.2 Å². The fourth-order valence-corrected chi connectivity index (χ4v) is 6.25. The summed E-state index contributed by atoms with van der Waals surface area (Å²) in [6.07, 6.45) is 0.709. The van der Waals surface area contributed by atoms with E-state index in [1.165, 1.54) is 11.3 Å². The zero-order valence-corrected chi connectivity index (χ0v) is 22.3. The lowest BCUT2D eigenvalue weighted by Gasteiger charge is -2.09. The van der Waals surface area contributed by atoms with Gasteiger partial charge in [0.1, 0.15) is 0 Å². The molecule has 0 bridgehead atoms. The van der Waals surface area contributed by atoms with Crippen molar-refractivity contribution in [2.24, 2.45) is 12.0 Å². The minimum Gasteiger partial charge on any atom is -0.315 e. The van der Waals surface area contributed by atoms with Gasteiger partial charge in [-0.3, -0.25) is 9.48 Å².